The van der Waals surface area contributed by atoms with Crippen LogP contribution in [0.3, 0.4) is 0 Å². The summed E-state index contributed by atoms with van der Waals surface area (Å²) in [6.07, 6.45) is 6.65. The molecule has 162 valence electrons. The van der Waals surface area contributed by atoms with Crippen molar-refractivity contribution in [3.63, 3.8) is 0 Å². The SMILES string of the molecule is Cc1nccn1-c1ccccc1C1CN(c2nc(-c3ccncn3)cc(=O)n2C)CCO1. The molecule has 9 heteroatoms. The molecule has 1 saturated heterocycles. The summed E-state index contributed by atoms with van der Waals surface area (Å²) in [6, 6.07) is 11.4. The molecule has 0 N–H and O–H groups in total. The van der Waals surface area contributed by atoms with Crippen LogP contribution in [0.5, 0.6) is 0 Å². The zero-order valence-electron chi connectivity index (χ0n) is 17.9. The van der Waals surface area contributed by atoms with E-state index in [9.17, 15) is 4.79 Å². The molecule has 4 aromatic rings. The number of hydrogen-bond acceptors (Lipinski definition) is 7. The van der Waals surface area contributed by atoms with Crippen LogP contribution >= 0.6 is 0 Å². The van der Waals surface area contributed by atoms with Crippen molar-refractivity contribution in [2.45, 2.75) is 13.0 Å². The summed E-state index contributed by atoms with van der Waals surface area (Å²) in [5, 5.41) is 0. The lowest BCUT2D eigenvalue weighted by Gasteiger charge is -2.35. The Hall–Kier alpha value is -3.85. The van der Waals surface area contributed by atoms with E-state index in [4.69, 9.17) is 9.72 Å². The number of aryl methyl sites for hydroxylation is 1. The fourth-order valence-corrected chi connectivity index (χ4v) is 4.01. The Morgan fingerprint density at radius 1 is 1.09 bits per heavy atom. The van der Waals surface area contributed by atoms with Crippen LogP contribution in [0.15, 0.2) is 66.1 Å². The maximum atomic E-state index is 12.7. The largest absolute Gasteiger partial charge is 0.370 e. The topological polar surface area (TPSA) is 91.0 Å². The monoisotopic (exact) mass is 429 g/mol. The summed E-state index contributed by atoms with van der Waals surface area (Å²) in [4.78, 5) is 32.1. The Kier molecular flexibility index (Phi) is 5.24. The number of anilines is 1. The van der Waals surface area contributed by atoms with Crippen LogP contribution in [0, 0.1) is 6.92 Å². The van der Waals surface area contributed by atoms with Crippen molar-refractivity contribution in [2.75, 3.05) is 24.6 Å². The Balaban J connectivity index is 1.51. The fourth-order valence-electron chi connectivity index (χ4n) is 4.01. The highest BCUT2D eigenvalue weighted by atomic mass is 16.5. The molecule has 3 aromatic heterocycles. The molecule has 1 aliphatic rings. The highest BCUT2D eigenvalue weighted by molar-refractivity contribution is 5.55. The smallest absolute Gasteiger partial charge is 0.255 e. The van der Waals surface area contributed by atoms with E-state index in [0.717, 1.165) is 17.1 Å². The van der Waals surface area contributed by atoms with Gasteiger partial charge in [-0.3, -0.25) is 9.36 Å². The van der Waals surface area contributed by atoms with Gasteiger partial charge in [-0.25, -0.2) is 19.9 Å². The first kappa shape index (κ1) is 20.1. The lowest BCUT2D eigenvalue weighted by Crippen LogP contribution is -2.42. The summed E-state index contributed by atoms with van der Waals surface area (Å²) >= 11 is 0. The van der Waals surface area contributed by atoms with E-state index in [-0.39, 0.29) is 11.7 Å². The molecule has 4 heterocycles. The molecule has 0 saturated carbocycles. The van der Waals surface area contributed by atoms with Gasteiger partial charge in [0.2, 0.25) is 5.95 Å². The number of rotatable bonds is 4. The first-order chi connectivity index (χ1) is 15.6. The molecule has 1 unspecified atom stereocenters. The number of morpholine rings is 1. The van der Waals surface area contributed by atoms with E-state index >= 15 is 0 Å². The van der Waals surface area contributed by atoms with Crippen molar-refractivity contribution in [1.29, 1.82) is 0 Å². The molecule has 1 aliphatic heterocycles. The molecular formula is C23H23N7O2. The van der Waals surface area contributed by atoms with Gasteiger partial charge in [0.15, 0.2) is 0 Å². The van der Waals surface area contributed by atoms with Gasteiger partial charge in [-0.1, -0.05) is 18.2 Å². The van der Waals surface area contributed by atoms with E-state index in [1.54, 1.807) is 30.1 Å². The van der Waals surface area contributed by atoms with Gasteiger partial charge in [-0.15, -0.1) is 0 Å². The molecule has 1 fully saturated rings. The standard InChI is InChI=1S/C23H23N7O2/c1-16-25-9-10-30(16)20-6-4-3-5-17(20)21-14-29(11-12-32-21)23-27-19(13-22(31)28(23)2)18-7-8-24-15-26-18/h3-10,13,15,21H,11-12,14H2,1-2H3. The Morgan fingerprint density at radius 2 is 1.97 bits per heavy atom. The summed E-state index contributed by atoms with van der Waals surface area (Å²) in [5.74, 6) is 1.50. The minimum atomic E-state index is -0.179. The summed E-state index contributed by atoms with van der Waals surface area (Å²) < 4.78 is 9.79. The number of aromatic nitrogens is 6. The van der Waals surface area contributed by atoms with E-state index < -0.39 is 0 Å². The third-order valence-corrected chi connectivity index (χ3v) is 5.67. The fraction of sp³-hybridized carbons (Fsp3) is 0.261. The number of hydrogen-bond donors (Lipinski definition) is 0. The minimum absolute atomic E-state index is 0.138. The summed E-state index contributed by atoms with van der Waals surface area (Å²) in [7, 11) is 1.74. The highest BCUT2D eigenvalue weighted by Gasteiger charge is 2.27. The third kappa shape index (κ3) is 3.67. The summed E-state index contributed by atoms with van der Waals surface area (Å²) in [6.45, 7) is 3.70. The highest BCUT2D eigenvalue weighted by Crippen LogP contribution is 2.30. The van der Waals surface area contributed by atoms with Crippen LogP contribution in [0.2, 0.25) is 0 Å². The normalized spacial score (nSPS) is 16.3. The molecular weight excluding hydrogens is 406 g/mol. The Morgan fingerprint density at radius 3 is 2.75 bits per heavy atom. The summed E-state index contributed by atoms with van der Waals surface area (Å²) in [5.41, 5.74) is 3.11. The van der Waals surface area contributed by atoms with Crippen molar-refractivity contribution >= 4 is 5.95 Å². The van der Waals surface area contributed by atoms with Gasteiger partial charge in [0.05, 0.1) is 30.2 Å². The van der Waals surface area contributed by atoms with Gasteiger partial charge < -0.3 is 14.2 Å². The average molecular weight is 429 g/mol. The maximum Gasteiger partial charge on any atom is 0.255 e. The second kappa shape index (κ2) is 8.35. The molecule has 0 bridgehead atoms. The van der Waals surface area contributed by atoms with Crippen molar-refractivity contribution < 1.29 is 4.74 Å². The number of nitrogens with zero attached hydrogens (tertiary/aromatic N) is 7. The predicted molar refractivity (Wildman–Crippen MR) is 120 cm³/mol. The predicted octanol–water partition coefficient (Wildman–Crippen LogP) is 2.31. The van der Waals surface area contributed by atoms with Crippen LogP contribution in [0.1, 0.15) is 17.5 Å². The van der Waals surface area contributed by atoms with Gasteiger partial charge >= 0.3 is 0 Å². The Bertz CT molecular complexity index is 1300. The van der Waals surface area contributed by atoms with Crippen LogP contribution in [-0.4, -0.2) is 48.8 Å². The van der Waals surface area contributed by atoms with Crippen LogP contribution in [0.25, 0.3) is 17.1 Å². The zero-order valence-corrected chi connectivity index (χ0v) is 17.9. The molecule has 5 rings (SSSR count). The maximum absolute atomic E-state index is 12.7. The molecule has 9 nitrogen and oxygen atoms in total. The number of para-hydroxylation sites is 1. The van der Waals surface area contributed by atoms with Crippen molar-refractivity contribution in [3.8, 4) is 17.1 Å². The molecule has 1 aromatic carbocycles. The van der Waals surface area contributed by atoms with Gasteiger partial charge in [0.25, 0.3) is 5.56 Å². The van der Waals surface area contributed by atoms with E-state index in [1.165, 1.54) is 12.4 Å². The quantitative estimate of drug-likeness (QED) is 0.492. The third-order valence-electron chi connectivity index (χ3n) is 5.67. The van der Waals surface area contributed by atoms with E-state index in [0.29, 0.717) is 37.0 Å². The lowest BCUT2D eigenvalue weighted by atomic mass is 10.0. The van der Waals surface area contributed by atoms with Crippen LogP contribution in [-0.2, 0) is 11.8 Å². The average Bonchev–Trinajstić information content (AvgIpc) is 3.27. The molecule has 0 radical (unpaired) electrons. The van der Waals surface area contributed by atoms with Crippen molar-refractivity contribution in [1.82, 2.24) is 29.1 Å². The van der Waals surface area contributed by atoms with Gasteiger partial charge in [0, 0.05) is 43.8 Å². The number of benzene rings is 1. The molecule has 32 heavy (non-hydrogen) atoms. The van der Waals surface area contributed by atoms with Gasteiger partial charge in [-0.05, 0) is 19.1 Å². The van der Waals surface area contributed by atoms with Gasteiger partial charge in [0.1, 0.15) is 18.3 Å². The number of ether oxygens (including phenoxy) is 1. The molecule has 1 atom stereocenters. The van der Waals surface area contributed by atoms with E-state index in [1.807, 2.05) is 25.3 Å². The molecule has 0 aliphatic carbocycles. The first-order valence-electron chi connectivity index (χ1n) is 10.4. The van der Waals surface area contributed by atoms with E-state index in [2.05, 4.69) is 36.6 Å². The molecule has 0 amide bonds. The number of imidazole rings is 1. The molecule has 0 spiro atoms. The second-order valence-corrected chi connectivity index (χ2v) is 7.64. The van der Waals surface area contributed by atoms with Crippen molar-refractivity contribution in [2.24, 2.45) is 7.05 Å². The van der Waals surface area contributed by atoms with Crippen LogP contribution in [0.4, 0.5) is 5.95 Å². The Labute approximate surface area is 185 Å². The zero-order chi connectivity index (χ0) is 22.1. The van der Waals surface area contributed by atoms with Crippen molar-refractivity contribution in [3.05, 3.63) is 83.1 Å². The lowest BCUT2D eigenvalue weighted by molar-refractivity contribution is 0.0389. The van der Waals surface area contributed by atoms with Crippen LogP contribution < -0.4 is 10.5 Å². The first-order valence-corrected chi connectivity index (χ1v) is 10.4. The second-order valence-electron chi connectivity index (χ2n) is 7.64. The van der Waals surface area contributed by atoms with Gasteiger partial charge in [-0.2, -0.15) is 0 Å². The minimum Gasteiger partial charge on any atom is -0.370 e.